The molecule has 0 aliphatic carbocycles. The molecule has 4 heterocycles. The summed E-state index contributed by atoms with van der Waals surface area (Å²) in [7, 11) is 2.62. The fraction of sp³-hybridized carbons (Fsp3) is 0.714. The average molecular weight is 280 g/mol. The Balaban J connectivity index is 1.79. The molecule has 4 bridgehead atoms. The number of hydrogen-bond acceptors (Lipinski definition) is 6. The van der Waals surface area contributed by atoms with Crippen molar-refractivity contribution in [1.82, 2.24) is 0 Å². The maximum atomic E-state index is 12.0. The molecular weight excluding hydrogens is 264 g/mol. The Hall–Kier alpha value is -1.40. The standard InChI is InChI=1S/C14H16O6/c1-17-13(15)9-10(14(16)18-2)12-8-6-4-3-5(19-6)7(8)11(9)20-12/h5-8,11-12H,3-4H2,1-2H3/t5-,6-,7-,8-,11-,12-/m0/s1. The van der Waals surface area contributed by atoms with Crippen LogP contribution in [0.4, 0.5) is 0 Å². The third kappa shape index (κ3) is 1.31. The first-order valence-electron chi connectivity index (χ1n) is 6.89. The van der Waals surface area contributed by atoms with Gasteiger partial charge in [-0.05, 0) is 12.8 Å². The van der Waals surface area contributed by atoms with Gasteiger partial charge in [-0.25, -0.2) is 9.59 Å². The van der Waals surface area contributed by atoms with Crippen molar-refractivity contribution < 1.29 is 28.5 Å². The second-order valence-electron chi connectivity index (χ2n) is 5.73. The van der Waals surface area contributed by atoms with Gasteiger partial charge in [-0.1, -0.05) is 0 Å². The molecule has 4 aliphatic heterocycles. The van der Waals surface area contributed by atoms with E-state index in [1.807, 2.05) is 0 Å². The molecule has 0 saturated carbocycles. The first kappa shape index (κ1) is 12.3. The number of esters is 2. The zero-order valence-corrected chi connectivity index (χ0v) is 11.3. The van der Waals surface area contributed by atoms with Gasteiger partial charge in [0.15, 0.2) is 0 Å². The predicted octanol–water partition coefficient (Wildman–Crippen LogP) is 0.204. The zero-order valence-electron chi connectivity index (χ0n) is 11.3. The summed E-state index contributed by atoms with van der Waals surface area (Å²) in [5.74, 6) is -0.666. The normalized spacial score (nSPS) is 43.9. The highest BCUT2D eigenvalue weighted by atomic mass is 16.6. The van der Waals surface area contributed by atoms with Gasteiger partial charge in [0, 0.05) is 11.8 Å². The van der Waals surface area contributed by atoms with Crippen LogP contribution in [0.3, 0.4) is 0 Å². The molecule has 4 rings (SSSR count). The molecule has 6 heteroatoms. The minimum Gasteiger partial charge on any atom is -0.466 e. The fourth-order valence-corrected chi connectivity index (χ4v) is 4.38. The Bertz CT molecular complexity index is 480. The third-order valence-corrected chi connectivity index (χ3v) is 5.05. The van der Waals surface area contributed by atoms with E-state index >= 15 is 0 Å². The molecular formula is C14H16O6. The maximum absolute atomic E-state index is 12.0. The molecule has 6 atom stereocenters. The monoisotopic (exact) mass is 280 g/mol. The fourth-order valence-electron chi connectivity index (χ4n) is 4.38. The van der Waals surface area contributed by atoms with Gasteiger partial charge in [-0.3, -0.25) is 0 Å². The van der Waals surface area contributed by atoms with Crippen LogP contribution in [0.1, 0.15) is 12.8 Å². The smallest absolute Gasteiger partial charge is 0.337 e. The van der Waals surface area contributed by atoms with Crippen molar-refractivity contribution in [2.45, 2.75) is 37.3 Å². The molecule has 0 aromatic heterocycles. The number of methoxy groups -OCH3 is 2. The zero-order chi connectivity index (χ0) is 14.0. The lowest BCUT2D eigenvalue weighted by Gasteiger charge is -2.29. The molecule has 108 valence electrons. The van der Waals surface area contributed by atoms with E-state index in [0.29, 0.717) is 11.1 Å². The molecule has 3 fully saturated rings. The minimum absolute atomic E-state index is 0.138. The average Bonchev–Trinajstić information content (AvgIpc) is 3.20. The van der Waals surface area contributed by atoms with Gasteiger partial charge in [0.1, 0.15) is 0 Å². The molecule has 0 aromatic carbocycles. The van der Waals surface area contributed by atoms with Crippen molar-refractivity contribution in [2.24, 2.45) is 11.8 Å². The van der Waals surface area contributed by atoms with E-state index in [-0.39, 0.29) is 36.3 Å². The van der Waals surface area contributed by atoms with E-state index in [1.54, 1.807) is 0 Å². The lowest BCUT2D eigenvalue weighted by Crippen LogP contribution is -2.40. The summed E-state index contributed by atoms with van der Waals surface area (Å²) in [6.07, 6.45) is 1.50. The van der Waals surface area contributed by atoms with Gasteiger partial charge in [0.2, 0.25) is 0 Å². The molecule has 0 amide bonds. The molecule has 0 N–H and O–H groups in total. The Morgan fingerprint density at radius 1 is 0.900 bits per heavy atom. The Labute approximate surface area is 116 Å². The van der Waals surface area contributed by atoms with Crippen LogP contribution >= 0.6 is 0 Å². The largest absolute Gasteiger partial charge is 0.466 e. The van der Waals surface area contributed by atoms with Gasteiger partial charge in [0.25, 0.3) is 0 Å². The summed E-state index contributed by atoms with van der Waals surface area (Å²) in [4.78, 5) is 24.0. The number of rotatable bonds is 2. The summed E-state index contributed by atoms with van der Waals surface area (Å²) in [6, 6.07) is 0. The topological polar surface area (TPSA) is 71.1 Å². The van der Waals surface area contributed by atoms with Crippen LogP contribution in [0.5, 0.6) is 0 Å². The minimum atomic E-state index is -0.501. The van der Waals surface area contributed by atoms with E-state index < -0.39 is 11.9 Å². The third-order valence-electron chi connectivity index (χ3n) is 5.05. The number of hydrogen-bond donors (Lipinski definition) is 0. The van der Waals surface area contributed by atoms with Crippen LogP contribution in [0, 0.1) is 11.8 Å². The highest BCUT2D eigenvalue weighted by molar-refractivity contribution is 6.03. The predicted molar refractivity (Wildman–Crippen MR) is 64.6 cm³/mol. The quantitative estimate of drug-likeness (QED) is 0.673. The number of fused-ring (bicyclic) bond motifs is 9. The summed E-state index contributed by atoms with van der Waals surface area (Å²) in [6.45, 7) is 0. The van der Waals surface area contributed by atoms with Gasteiger partial charge >= 0.3 is 11.9 Å². The highest BCUT2D eigenvalue weighted by Gasteiger charge is 2.67. The van der Waals surface area contributed by atoms with E-state index in [0.717, 1.165) is 12.8 Å². The molecule has 0 unspecified atom stereocenters. The number of ether oxygens (including phenoxy) is 4. The van der Waals surface area contributed by atoms with Crippen molar-refractivity contribution in [3.63, 3.8) is 0 Å². The number of carbonyl (C=O) groups is 2. The van der Waals surface area contributed by atoms with Crippen molar-refractivity contribution in [2.75, 3.05) is 14.2 Å². The van der Waals surface area contributed by atoms with Gasteiger partial charge in [-0.2, -0.15) is 0 Å². The SMILES string of the molecule is COC(=O)C1=C(C(=O)OC)[C@H]2O[C@H]1[C@@H]1[C@@H]2[C@@H]2CC[C@@H]1O2. The summed E-state index contributed by atoms with van der Waals surface area (Å²) >= 11 is 0. The van der Waals surface area contributed by atoms with E-state index in [4.69, 9.17) is 18.9 Å². The molecule has 0 radical (unpaired) electrons. The van der Waals surface area contributed by atoms with Crippen molar-refractivity contribution in [3.05, 3.63) is 11.1 Å². The molecule has 0 aromatic rings. The highest BCUT2D eigenvalue weighted by Crippen LogP contribution is 2.58. The lowest BCUT2D eigenvalue weighted by atomic mass is 9.69. The van der Waals surface area contributed by atoms with E-state index in [2.05, 4.69) is 0 Å². The summed E-state index contributed by atoms with van der Waals surface area (Å²) in [5.41, 5.74) is 0.670. The molecule has 0 spiro atoms. The van der Waals surface area contributed by atoms with Crippen molar-refractivity contribution in [1.29, 1.82) is 0 Å². The van der Waals surface area contributed by atoms with Crippen LogP contribution in [-0.4, -0.2) is 50.6 Å². The first-order valence-corrected chi connectivity index (χ1v) is 6.89. The van der Waals surface area contributed by atoms with Crippen molar-refractivity contribution in [3.8, 4) is 0 Å². The Morgan fingerprint density at radius 3 is 1.75 bits per heavy atom. The van der Waals surface area contributed by atoms with Gasteiger partial charge in [-0.15, -0.1) is 0 Å². The van der Waals surface area contributed by atoms with Gasteiger partial charge in [0.05, 0.1) is 49.8 Å². The van der Waals surface area contributed by atoms with E-state index in [1.165, 1.54) is 14.2 Å². The molecule has 20 heavy (non-hydrogen) atoms. The van der Waals surface area contributed by atoms with Crippen LogP contribution in [0.2, 0.25) is 0 Å². The van der Waals surface area contributed by atoms with E-state index in [9.17, 15) is 9.59 Å². The van der Waals surface area contributed by atoms with Crippen LogP contribution in [0.15, 0.2) is 11.1 Å². The maximum Gasteiger partial charge on any atom is 0.337 e. The number of carbonyl (C=O) groups excluding carboxylic acids is 2. The second kappa shape index (κ2) is 4.05. The summed E-state index contributed by atoms with van der Waals surface area (Å²) < 4.78 is 21.5. The first-order chi connectivity index (χ1) is 9.67. The second-order valence-corrected chi connectivity index (χ2v) is 5.73. The van der Waals surface area contributed by atoms with Gasteiger partial charge < -0.3 is 18.9 Å². The van der Waals surface area contributed by atoms with Crippen molar-refractivity contribution >= 4 is 11.9 Å². The summed E-state index contributed by atoms with van der Waals surface area (Å²) in [5, 5.41) is 0. The van der Waals surface area contributed by atoms with Crippen LogP contribution in [0.25, 0.3) is 0 Å². The Kier molecular flexibility index (Phi) is 2.50. The molecule has 4 aliphatic rings. The van der Waals surface area contributed by atoms with Crippen LogP contribution in [-0.2, 0) is 28.5 Å². The van der Waals surface area contributed by atoms with Crippen LogP contribution < -0.4 is 0 Å². The lowest BCUT2D eigenvalue weighted by molar-refractivity contribution is -0.139. The Morgan fingerprint density at radius 2 is 1.35 bits per heavy atom. The molecule has 3 saturated heterocycles. The molecule has 6 nitrogen and oxygen atoms in total.